The Morgan fingerprint density at radius 3 is 2.66 bits per heavy atom. The van der Waals surface area contributed by atoms with Gasteiger partial charge in [-0.3, -0.25) is 9.69 Å². The number of ether oxygens (including phenoxy) is 1. The lowest BCUT2D eigenvalue weighted by Gasteiger charge is -2.30. The zero-order chi connectivity index (χ0) is 20.9. The maximum Gasteiger partial charge on any atom is 0.227 e. The van der Waals surface area contributed by atoms with E-state index in [1.54, 1.807) is 23.1 Å². The number of nitrogens with zero attached hydrogens (tertiary/aromatic N) is 3. The third-order valence-corrected chi connectivity index (χ3v) is 6.94. The van der Waals surface area contributed by atoms with Crippen LogP contribution in [0.25, 0.3) is 0 Å². The maximum absolute atomic E-state index is 13.8. The quantitative estimate of drug-likeness (QED) is 0.618. The molecule has 9 heteroatoms. The van der Waals surface area contributed by atoms with E-state index in [4.69, 9.17) is 4.74 Å². The molecule has 7 nitrogen and oxygen atoms in total. The van der Waals surface area contributed by atoms with Crippen molar-refractivity contribution in [2.75, 3.05) is 58.7 Å². The Morgan fingerprint density at radius 2 is 1.97 bits per heavy atom. The van der Waals surface area contributed by atoms with Gasteiger partial charge in [-0.1, -0.05) is 18.2 Å². The molecule has 2 aliphatic rings. The van der Waals surface area contributed by atoms with E-state index in [1.165, 1.54) is 16.6 Å². The van der Waals surface area contributed by atoms with Gasteiger partial charge in [0.25, 0.3) is 0 Å². The molecule has 1 unspecified atom stereocenters. The number of hydrogen-bond donors (Lipinski definition) is 0. The molecule has 0 bridgehead atoms. The van der Waals surface area contributed by atoms with Crippen LogP contribution in [-0.4, -0.2) is 93.2 Å². The van der Waals surface area contributed by atoms with Crippen molar-refractivity contribution >= 4 is 15.9 Å². The SMILES string of the molecule is CS(=O)(=O)N(CCCN1CCOCC1)C1CCN(C(=O)Cc2ccccc2F)C1. The molecule has 1 amide bonds. The van der Waals surface area contributed by atoms with Gasteiger partial charge in [0.1, 0.15) is 5.82 Å². The van der Waals surface area contributed by atoms with E-state index >= 15 is 0 Å². The van der Waals surface area contributed by atoms with Gasteiger partial charge in [0.05, 0.1) is 25.9 Å². The molecule has 3 rings (SSSR count). The van der Waals surface area contributed by atoms with Crippen LogP contribution in [0.2, 0.25) is 0 Å². The third kappa shape index (κ3) is 6.21. The lowest BCUT2D eigenvalue weighted by molar-refractivity contribution is -0.129. The lowest BCUT2D eigenvalue weighted by Crippen LogP contribution is -2.44. The summed E-state index contributed by atoms with van der Waals surface area (Å²) in [4.78, 5) is 16.5. The molecule has 0 aromatic heterocycles. The van der Waals surface area contributed by atoms with E-state index in [1.807, 2.05) is 0 Å². The van der Waals surface area contributed by atoms with Gasteiger partial charge >= 0.3 is 0 Å². The highest BCUT2D eigenvalue weighted by Crippen LogP contribution is 2.20. The van der Waals surface area contributed by atoms with Gasteiger partial charge in [-0.2, -0.15) is 4.31 Å². The van der Waals surface area contributed by atoms with Crippen molar-refractivity contribution in [3.05, 3.63) is 35.6 Å². The highest BCUT2D eigenvalue weighted by Gasteiger charge is 2.34. The average Bonchev–Trinajstić information content (AvgIpc) is 3.16. The first kappa shape index (κ1) is 22.1. The summed E-state index contributed by atoms with van der Waals surface area (Å²) in [6, 6.07) is 6.03. The fourth-order valence-electron chi connectivity index (χ4n) is 4.01. The predicted molar refractivity (Wildman–Crippen MR) is 109 cm³/mol. The molecule has 2 fully saturated rings. The van der Waals surface area contributed by atoms with Gasteiger partial charge in [0, 0.05) is 38.8 Å². The second kappa shape index (κ2) is 9.97. The van der Waals surface area contributed by atoms with E-state index in [-0.39, 0.29) is 18.4 Å². The predicted octanol–water partition coefficient (Wildman–Crippen LogP) is 0.953. The van der Waals surface area contributed by atoms with Crippen molar-refractivity contribution in [2.45, 2.75) is 25.3 Å². The van der Waals surface area contributed by atoms with Crippen LogP contribution in [-0.2, 0) is 26.0 Å². The summed E-state index contributed by atoms with van der Waals surface area (Å²) in [6.45, 7) is 5.32. The number of amides is 1. The molecule has 0 N–H and O–H groups in total. The summed E-state index contributed by atoms with van der Waals surface area (Å²) < 4.78 is 45.4. The van der Waals surface area contributed by atoms with Gasteiger partial charge in [-0.05, 0) is 31.0 Å². The molecule has 1 atom stereocenters. The Balaban J connectivity index is 1.54. The topological polar surface area (TPSA) is 70.2 Å². The smallest absolute Gasteiger partial charge is 0.227 e. The second-order valence-corrected chi connectivity index (χ2v) is 9.67. The average molecular weight is 428 g/mol. The number of halogens is 1. The molecule has 1 aromatic rings. The molecule has 0 saturated carbocycles. The molecule has 0 aliphatic carbocycles. The van der Waals surface area contributed by atoms with E-state index in [0.29, 0.717) is 31.6 Å². The largest absolute Gasteiger partial charge is 0.379 e. The molecule has 0 radical (unpaired) electrons. The zero-order valence-corrected chi connectivity index (χ0v) is 17.7. The number of likely N-dealkylation sites (tertiary alicyclic amines) is 1. The summed E-state index contributed by atoms with van der Waals surface area (Å²) in [5.74, 6) is -0.558. The first-order chi connectivity index (χ1) is 13.8. The minimum absolute atomic E-state index is 0.00466. The monoisotopic (exact) mass is 427 g/mol. The number of sulfonamides is 1. The van der Waals surface area contributed by atoms with Crippen LogP contribution in [0.15, 0.2) is 24.3 Å². The molecule has 162 valence electrons. The number of carbonyl (C=O) groups is 1. The zero-order valence-electron chi connectivity index (χ0n) is 16.9. The Labute approximate surface area is 172 Å². The normalized spacial score (nSPS) is 21.1. The standard InChI is InChI=1S/C20H30FN3O4S/c1-29(26,27)24(9-4-8-22-11-13-28-14-12-22)18-7-10-23(16-18)20(25)15-17-5-2-3-6-19(17)21/h2-3,5-6,18H,4,7-16H2,1H3. The van der Waals surface area contributed by atoms with Crippen LogP contribution in [0.4, 0.5) is 4.39 Å². The molecule has 1 aromatic carbocycles. The van der Waals surface area contributed by atoms with Crippen molar-refractivity contribution in [1.29, 1.82) is 0 Å². The van der Waals surface area contributed by atoms with Crippen molar-refractivity contribution < 1.29 is 22.3 Å². The Hall–Kier alpha value is -1.55. The highest BCUT2D eigenvalue weighted by atomic mass is 32.2. The fraction of sp³-hybridized carbons (Fsp3) is 0.650. The number of benzene rings is 1. The van der Waals surface area contributed by atoms with Crippen molar-refractivity contribution in [2.24, 2.45) is 0 Å². The highest BCUT2D eigenvalue weighted by molar-refractivity contribution is 7.88. The number of morpholine rings is 1. The number of hydrogen-bond acceptors (Lipinski definition) is 5. The molecule has 2 aliphatic heterocycles. The van der Waals surface area contributed by atoms with Crippen LogP contribution in [0, 0.1) is 5.82 Å². The Bertz CT molecular complexity index is 799. The van der Waals surface area contributed by atoms with Crippen LogP contribution in [0.5, 0.6) is 0 Å². The third-order valence-electron chi connectivity index (χ3n) is 5.61. The summed E-state index contributed by atoms with van der Waals surface area (Å²) in [5, 5.41) is 0. The van der Waals surface area contributed by atoms with Gasteiger partial charge in [-0.25, -0.2) is 12.8 Å². The first-order valence-electron chi connectivity index (χ1n) is 10.1. The molecular formula is C20H30FN3O4S. The molecule has 2 saturated heterocycles. The molecular weight excluding hydrogens is 397 g/mol. The van der Waals surface area contributed by atoms with Gasteiger partial charge in [0.15, 0.2) is 0 Å². The van der Waals surface area contributed by atoms with Crippen LogP contribution in [0.3, 0.4) is 0 Å². The van der Waals surface area contributed by atoms with Crippen molar-refractivity contribution in [3.8, 4) is 0 Å². The molecule has 2 heterocycles. The molecule has 29 heavy (non-hydrogen) atoms. The lowest BCUT2D eigenvalue weighted by atomic mass is 10.1. The van der Waals surface area contributed by atoms with Gasteiger partial charge in [0.2, 0.25) is 15.9 Å². The fourth-order valence-corrected chi connectivity index (χ4v) is 5.19. The number of rotatable bonds is 8. The Kier molecular flexibility index (Phi) is 7.61. The van der Waals surface area contributed by atoms with Crippen LogP contribution >= 0.6 is 0 Å². The minimum atomic E-state index is -3.37. The van der Waals surface area contributed by atoms with E-state index < -0.39 is 15.8 Å². The second-order valence-electron chi connectivity index (χ2n) is 7.73. The summed E-state index contributed by atoms with van der Waals surface area (Å²) in [5.41, 5.74) is 0.367. The first-order valence-corrected chi connectivity index (χ1v) is 12.0. The van der Waals surface area contributed by atoms with E-state index in [0.717, 1.165) is 39.3 Å². The number of carbonyl (C=O) groups excluding carboxylic acids is 1. The summed E-state index contributed by atoms with van der Waals surface area (Å²) in [6.07, 6.45) is 2.57. The maximum atomic E-state index is 13.8. The van der Waals surface area contributed by atoms with Gasteiger partial charge in [-0.15, -0.1) is 0 Å². The van der Waals surface area contributed by atoms with Crippen molar-refractivity contribution in [3.63, 3.8) is 0 Å². The molecule has 0 spiro atoms. The van der Waals surface area contributed by atoms with Crippen molar-refractivity contribution in [1.82, 2.24) is 14.1 Å². The minimum Gasteiger partial charge on any atom is -0.379 e. The van der Waals surface area contributed by atoms with Crippen LogP contribution < -0.4 is 0 Å². The Morgan fingerprint density at radius 1 is 1.24 bits per heavy atom. The van der Waals surface area contributed by atoms with E-state index in [9.17, 15) is 17.6 Å². The van der Waals surface area contributed by atoms with Crippen LogP contribution in [0.1, 0.15) is 18.4 Å². The van der Waals surface area contributed by atoms with Gasteiger partial charge < -0.3 is 9.64 Å². The van der Waals surface area contributed by atoms with E-state index in [2.05, 4.69) is 4.90 Å². The summed E-state index contributed by atoms with van der Waals surface area (Å²) in [7, 11) is -3.37. The summed E-state index contributed by atoms with van der Waals surface area (Å²) >= 11 is 0.